The smallest absolute Gasteiger partial charge is 0.252 e. The van der Waals surface area contributed by atoms with Crippen LogP contribution in [0.25, 0.3) is 0 Å². The van der Waals surface area contributed by atoms with E-state index in [2.05, 4.69) is 5.32 Å². The average Bonchev–Trinajstić information content (AvgIpc) is 2.69. The van der Waals surface area contributed by atoms with Gasteiger partial charge in [-0.1, -0.05) is 24.3 Å². The molecule has 1 N–H and O–H groups in total. The summed E-state index contributed by atoms with van der Waals surface area (Å²) >= 11 is 1.35. The third kappa shape index (κ3) is 6.21. The zero-order valence-electron chi connectivity index (χ0n) is 15.7. The predicted molar refractivity (Wildman–Crippen MR) is 107 cm³/mol. The summed E-state index contributed by atoms with van der Waals surface area (Å²) in [5, 5.41) is 2.84. The van der Waals surface area contributed by atoms with E-state index in [4.69, 9.17) is 9.47 Å². The third-order valence-electron chi connectivity index (χ3n) is 3.70. The summed E-state index contributed by atoms with van der Waals surface area (Å²) in [6, 6.07) is 14.6. The highest BCUT2D eigenvalue weighted by molar-refractivity contribution is 8.00. The van der Waals surface area contributed by atoms with Gasteiger partial charge in [-0.05, 0) is 24.3 Å². The Morgan fingerprint density at radius 3 is 2.41 bits per heavy atom. The van der Waals surface area contributed by atoms with Gasteiger partial charge in [-0.2, -0.15) is 0 Å². The van der Waals surface area contributed by atoms with Crippen LogP contribution in [0.5, 0.6) is 11.5 Å². The number of amides is 2. The number of ether oxygens (including phenoxy) is 2. The molecule has 0 atom stereocenters. The second kappa shape index (κ2) is 10.5. The molecule has 0 aromatic heterocycles. The average molecular weight is 388 g/mol. The Labute approximate surface area is 163 Å². The quantitative estimate of drug-likeness (QED) is 0.528. The lowest BCUT2D eigenvalue weighted by Gasteiger charge is -2.13. The minimum Gasteiger partial charge on any atom is -0.493 e. The molecule has 0 bridgehead atoms. The molecule has 0 aliphatic rings. The zero-order chi connectivity index (χ0) is 19.6. The van der Waals surface area contributed by atoms with Crippen molar-refractivity contribution in [2.24, 2.45) is 0 Å². The van der Waals surface area contributed by atoms with Crippen molar-refractivity contribution in [2.45, 2.75) is 4.90 Å². The Bertz CT molecular complexity index is 780. The van der Waals surface area contributed by atoms with Crippen LogP contribution in [-0.2, 0) is 4.79 Å². The summed E-state index contributed by atoms with van der Waals surface area (Å²) in [5.41, 5.74) is 0.548. The van der Waals surface area contributed by atoms with Crippen molar-refractivity contribution < 1.29 is 19.1 Å². The number of nitrogens with zero attached hydrogens (tertiary/aromatic N) is 1. The van der Waals surface area contributed by atoms with Gasteiger partial charge in [0.25, 0.3) is 5.91 Å². The van der Waals surface area contributed by atoms with E-state index >= 15 is 0 Å². The number of thioether (sulfide) groups is 1. The van der Waals surface area contributed by atoms with Crippen LogP contribution in [0.3, 0.4) is 0 Å². The molecule has 0 saturated carbocycles. The highest BCUT2D eigenvalue weighted by Gasteiger charge is 2.13. The highest BCUT2D eigenvalue weighted by Crippen LogP contribution is 2.25. The molecule has 7 heteroatoms. The Hall–Kier alpha value is -2.67. The molecule has 0 saturated heterocycles. The predicted octanol–water partition coefficient (Wildman–Crippen LogP) is 2.68. The van der Waals surface area contributed by atoms with E-state index in [0.717, 1.165) is 4.90 Å². The molecular formula is C20H24N2O4S. The molecule has 0 heterocycles. The van der Waals surface area contributed by atoms with Gasteiger partial charge in [0.1, 0.15) is 6.61 Å². The van der Waals surface area contributed by atoms with Crippen molar-refractivity contribution in [1.82, 2.24) is 10.2 Å². The molecule has 2 aromatic rings. The van der Waals surface area contributed by atoms with Crippen molar-refractivity contribution >= 4 is 23.6 Å². The summed E-state index contributed by atoms with van der Waals surface area (Å²) in [7, 11) is 5.01. The van der Waals surface area contributed by atoms with Gasteiger partial charge in [0, 0.05) is 19.0 Å². The molecule has 144 valence electrons. The largest absolute Gasteiger partial charge is 0.493 e. The molecule has 6 nitrogen and oxygen atoms in total. The van der Waals surface area contributed by atoms with Gasteiger partial charge < -0.3 is 19.7 Å². The van der Waals surface area contributed by atoms with Crippen molar-refractivity contribution in [3.05, 3.63) is 54.1 Å². The standard InChI is InChI=1S/C20H24N2O4S/c1-22(2)19(23)14-27-18-11-7-4-8-15(18)20(24)21-12-13-26-17-10-6-5-9-16(17)25-3/h4-11H,12-14H2,1-3H3,(H,21,24). The van der Waals surface area contributed by atoms with E-state index in [0.29, 0.717) is 30.2 Å². The lowest BCUT2D eigenvalue weighted by molar-refractivity contribution is -0.125. The minimum atomic E-state index is -0.195. The van der Waals surface area contributed by atoms with Gasteiger partial charge in [0.05, 0.1) is 25.0 Å². The van der Waals surface area contributed by atoms with Crippen LogP contribution in [0.4, 0.5) is 0 Å². The molecule has 0 spiro atoms. The Morgan fingerprint density at radius 1 is 1.04 bits per heavy atom. The maximum absolute atomic E-state index is 12.5. The molecule has 2 amide bonds. The van der Waals surface area contributed by atoms with Crippen LogP contribution in [-0.4, -0.2) is 56.8 Å². The van der Waals surface area contributed by atoms with Crippen molar-refractivity contribution in [3.63, 3.8) is 0 Å². The third-order valence-corrected chi connectivity index (χ3v) is 4.75. The van der Waals surface area contributed by atoms with E-state index in [1.165, 1.54) is 16.7 Å². The number of rotatable bonds is 9. The van der Waals surface area contributed by atoms with Gasteiger partial charge in [-0.25, -0.2) is 0 Å². The normalized spacial score (nSPS) is 10.2. The van der Waals surface area contributed by atoms with Crippen LogP contribution >= 0.6 is 11.8 Å². The van der Waals surface area contributed by atoms with E-state index in [9.17, 15) is 9.59 Å². The zero-order valence-corrected chi connectivity index (χ0v) is 16.5. The summed E-state index contributed by atoms with van der Waals surface area (Å²) < 4.78 is 10.9. The maximum atomic E-state index is 12.5. The molecule has 2 rings (SSSR count). The number of benzene rings is 2. The van der Waals surface area contributed by atoms with Gasteiger partial charge >= 0.3 is 0 Å². The van der Waals surface area contributed by atoms with Crippen molar-refractivity contribution in [1.29, 1.82) is 0 Å². The van der Waals surface area contributed by atoms with E-state index in [1.54, 1.807) is 33.3 Å². The first kappa shape index (κ1) is 20.6. The number of methoxy groups -OCH3 is 1. The monoisotopic (exact) mass is 388 g/mol. The summed E-state index contributed by atoms with van der Waals surface area (Å²) in [6.45, 7) is 0.674. The van der Waals surface area contributed by atoms with Gasteiger partial charge in [-0.15, -0.1) is 11.8 Å². The second-order valence-electron chi connectivity index (χ2n) is 5.83. The van der Waals surface area contributed by atoms with Crippen LogP contribution in [0.1, 0.15) is 10.4 Å². The van der Waals surface area contributed by atoms with E-state index in [-0.39, 0.29) is 17.6 Å². The maximum Gasteiger partial charge on any atom is 0.252 e. The molecule has 0 fully saturated rings. The van der Waals surface area contributed by atoms with E-state index in [1.807, 2.05) is 36.4 Å². The second-order valence-corrected chi connectivity index (χ2v) is 6.85. The molecule has 0 aliphatic heterocycles. The Balaban J connectivity index is 1.88. The molecule has 0 aliphatic carbocycles. The highest BCUT2D eigenvalue weighted by atomic mass is 32.2. The number of nitrogens with one attached hydrogen (secondary N) is 1. The molecule has 27 heavy (non-hydrogen) atoms. The Kier molecular flexibility index (Phi) is 8.00. The van der Waals surface area contributed by atoms with Gasteiger partial charge in [0.2, 0.25) is 5.91 Å². The minimum absolute atomic E-state index is 0.000389. The molecule has 2 aromatic carbocycles. The molecular weight excluding hydrogens is 364 g/mol. The number of hydrogen-bond acceptors (Lipinski definition) is 5. The fourth-order valence-corrected chi connectivity index (χ4v) is 3.24. The lowest BCUT2D eigenvalue weighted by atomic mass is 10.2. The van der Waals surface area contributed by atoms with Crippen LogP contribution in [0, 0.1) is 0 Å². The number of hydrogen-bond donors (Lipinski definition) is 1. The van der Waals surface area contributed by atoms with Crippen LogP contribution < -0.4 is 14.8 Å². The van der Waals surface area contributed by atoms with E-state index < -0.39 is 0 Å². The first-order chi connectivity index (χ1) is 13.0. The number of para-hydroxylation sites is 2. The lowest BCUT2D eigenvalue weighted by Crippen LogP contribution is -2.28. The Morgan fingerprint density at radius 2 is 1.70 bits per heavy atom. The van der Waals surface area contributed by atoms with Crippen LogP contribution in [0.2, 0.25) is 0 Å². The summed E-state index contributed by atoms with van der Waals surface area (Å²) in [6.07, 6.45) is 0. The summed E-state index contributed by atoms with van der Waals surface area (Å²) in [5.74, 6) is 1.37. The topological polar surface area (TPSA) is 67.9 Å². The van der Waals surface area contributed by atoms with Gasteiger partial charge in [-0.3, -0.25) is 9.59 Å². The number of carbonyl (C=O) groups excluding carboxylic acids is 2. The van der Waals surface area contributed by atoms with Gasteiger partial charge in [0.15, 0.2) is 11.5 Å². The first-order valence-electron chi connectivity index (χ1n) is 8.49. The first-order valence-corrected chi connectivity index (χ1v) is 9.47. The fourth-order valence-electron chi connectivity index (χ4n) is 2.21. The SMILES string of the molecule is COc1ccccc1OCCNC(=O)c1ccccc1SCC(=O)N(C)C. The summed E-state index contributed by atoms with van der Waals surface area (Å²) in [4.78, 5) is 26.6. The van der Waals surface area contributed by atoms with Crippen molar-refractivity contribution in [2.75, 3.05) is 40.1 Å². The fraction of sp³-hybridized carbons (Fsp3) is 0.300. The van der Waals surface area contributed by atoms with Crippen molar-refractivity contribution in [3.8, 4) is 11.5 Å². The molecule has 0 radical (unpaired) electrons. The molecule has 0 unspecified atom stereocenters. The van der Waals surface area contributed by atoms with Crippen LogP contribution in [0.15, 0.2) is 53.4 Å². The number of carbonyl (C=O) groups is 2.